The van der Waals surface area contributed by atoms with Crippen LogP contribution in [0.4, 0.5) is 0 Å². The lowest BCUT2D eigenvalue weighted by molar-refractivity contribution is 0.795. The first kappa shape index (κ1) is 14.0. The number of hydrogen-bond acceptors (Lipinski definition) is 1. The summed E-state index contributed by atoms with van der Waals surface area (Å²) < 4.78 is 3.30. The van der Waals surface area contributed by atoms with Gasteiger partial charge in [0.05, 0.1) is 16.4 Å². The van der Waals surface area contributed by atoms with Crippen LogP contribution in [0.1, 0.15) is 22.1 Å². The van der Waals surface area contributed by atoms with Crippen molar-refractivity contribution >= 4 is 22.6 Å². The summed E-state index contributed by atoms with van der Waals surface area (Å²) >= 11 is 6.64. The van der Waals surface area contributed by atoms with E-state index in [0.29, 0.717) is 0 Å². The second-order valence-electron chi connectivity index (χ2n) is 5.37. The lowest BCUT2D eigenvalue weighted by atomic mass is 10.00. The molecule has 0 fully saturated rings. The molecule has 0 saturated heterocycles. The number of nitrogens with zero attached hydrogens (tertiary/aromatic N) is 2. The highest BCUT2D eigenvalue weighted by atomic mass is 35.5. The molecule has 3 rings (SSSR count). The maximum atomic E-state index is 12.0. The molecule has 1 atom stereocenters. The van der Waals surface area contributed by atoms with Gasteiger partial charge >= 0.3 is 5.69 Å². The maximum Gasteiger partial charge on any atom is 0.328 e. The van der Waals surface area contributed by atoms with Crippen LogP contribution in [-0.2, 0) is 14.1 Å². The molecule has 108 valence electrons. The predicted molar refractivity (Wildman–Crippen MR) is 87.0 cm³/mol. The Balaban J connectivity index is 2.16. The third kappa shape index (κ3) is 2.18. The first-order valence-electron chi connectivity index (χ1n) is 6.85. The summed E-state index contributed by atoms with van der Waals surface area (Å²) in [5, 5.41) is -0.217. The van der Waals surface area contributed by atoms with Crippen molar-refractivity contribution in [3.05, 3.63) is 69.6 Å². The molecule has 1 aromatic heterocycles. The largest absolute Gasteiger partial charge is 0.328 e. The van der Waals surface area contributed by atoms with Gasteiger partial charge in [-0.15, -0.1) is 11.6 Å². The standard InChI is InChI=1S/C17H17ClN2O/c1-11-6-4-5-7-13(11)16(18)12-8-9-14-15(10-12)20(3)17(21)19(14)2/h4-10,16H,1-3H3. The van der Waals surface area contributed by atoms with Crippen molar-refractivity contribution in [3.8, 4) is 0 Å². The van der Waals surface area contributed by atoms with Crippen LogP contribution in [0.2, 0.25) is 0 Å². The molecule has 1 unspecified atom stereocenters. The quantitative estimate of drug-likeness (QED) is 0.665. The molecule has 3 nitrogen and oxygen atoms in total. The molecule has 0 saturated carbocycles. The average Bonchev–Trinajstić information content (AvgIpc) is 2.71. The van der Waals surface area contributed by atoms with Crippen molar-refractivity contribution in [2.45, 2.75) is 12.3 Å². The third-order valence-electron chi connectivity index (χ3n) is 4.05. The van der Waals surface area contributed by atoms with Crippen LogP contribution in [0.15, 0.2) is 47.3 Å². The molecule has 0 amide bonds. The monoisotopic (exact) mass is 300 g/mol. The van der Waals surface area contributed by atoms with E-state index in [9.17, 15) is 4.79 Å². The minimum Gasteiger partial charge on any atom is -0.295 e. The Morgan fingerprint density at radius 1 is 1.00 bits per heavy atom. The molecule has 1 heterocycles. The summed E-state index contributed by atoms with van der Waals surface area (Å²) in [6, 6.07) is 14.1. The van der Waals surface area contributed by atoms with E-state index in [-0.39, 0.29) is 11.1 Å². The number of halogens is 1. The third-order valence-corrected chi connectivity index (χ3v) is 4.54. The van der Waals surface area contributed by atoms with Crippen molar-refractivity contribution < 1.29 is 0 Å². The fraction of sp³-hybridized carbons (Fsp3) is 0.235. The Hall–Kier alpha value is -2.00. The van der Waals surface area contributed by atoms with Crippen LogP contribution in [0.3, 0.4) is 0 Å². The molecule has 2 aromatic carbocycles. The van der Waals surface area contributed by atoms with E-state index in [1.54, 1.807) is 23.2 Å². The molecular formula is C17H17ClN2O. The Kier molecular flexibility index (Phi) is 3.38. The van der Waals surface area contributed by atoms with Crippen molar-refractivity contribution in [2.75, 3.05) is 0 Å². The molecule has 0 aliphatic heterocycles. The van der Waals surface area contributed by atoms with Crippen LogP contribution in [0, 0.1) is 6.92 Å². The Labute approximate surface area is 128 Å². The van der Waals surface area contributed by atoms with E-state index in [1.807, 2.05) is 36.4 Å². The normalized spacial score (nSPS) is 12.8. The molecule has 0 N–H and O–H groups in total. The fourth-order valence-corrected chi connectivity index (χ4v) is 3.11. The number of aromatic nitrogens is 2. The molecule has 4 heteroatoms. The molecule has 0 aliphatic rings. The van der Waals surface area contributed by atoms with Crippen molar-refractivity contribution in [1.82, 2.24) is 9.13 Å². The van der Waals surface area contributed by atoms with Crippen molar-refractivity contribution in [2.24, 2.45) is 14.1 Å². The Bertz CT molecular complexity index is 876. The van der Waals surface area contributed by atoms with Gasteiger partial charge in [0.2, 0.25) is 0 Å². The van der Waals surface area contributed by atoms with E-state index < -0.39 is 0 Å². The van der Waals surface area contributed by atoms with E-state index >= 15 is 0 Å². The van der Waals surface area contributed by atoms with Gasteiger partial charge in [0.15, 0.2) is 0 Å². The van der Waals surface area contributed by atoms with Gasteiger partial charge in [0.1, 0.15) is 0 Å². The van der Waals surface area contributed by atoms with Gasteiger partial charge in [-0.3, -0.25) is 9.13 Å². The van der Waals surface area contributed by atoms with Crippen LogP contribution in [0.5, 0.6) is 0 Å². The lowest BCUT2D eigenvalue weighted by Crippen LogP contribution is -2.19. The topological polar surface area (TPSA) is 26.9 Å². The van der Waals surface area contributed by atoms with E-state index in [1.165, 1.54) is 5.56 Å². The minimum atomic E-state index is -0.217. The summed E-state index contributed by atoms with van der Waals surface area (Å²) in [6.45, 7) is 2.06. The second-order valence-corrected chi connectivity index (χ2v) is 5.80. The van der Waals surface area contributed by atoms with Gasteiger partial charge in [-0.2, -0.15) is 0 Å². The number of benzene rings is 2. The summed E-state index contributed by atoms with van der Waals surface area (Å²) in [5.74, 6) is 0. The maximum absolute atomic E-state index is 12.0. The van der Waals surface area contributed by atoms with Gasteiger partial charge in [-0.1, -0.05) is 30.3 Å². The smallest absolute Gasteiger partial charge is 0.295 e. The van der Waals surface area contributed by atoms with E-state index in [0.717, 1.165) is 22.2 Å². The zero-order valence-corrected chi connectivity index (χ0v) is 13.1. The van der Waals surface area contributed by atoms with Gasteiger partial charge < -0.3 is 0 Å². The average molecular weight is 301 g/mol. The van der Waals surface area contributed by atoms with Crippen LogP contribution in [-0.4, -0.2) is 9.13 Å². The molecule has 0 aliphatic carbocycles. The van der Waals surface area contributed by atoms with Gasteiger partial charge in [0.25, 0.3) is 0 Å². The highest BCUT2D eigenvalue weighted by molar-refractivity contribution is 6.22. The number of fused-ring (bicyclic) bond motifs is 1. The first-order chi connectivity index (χ1) is 10.0. The molecule has 0 radical (unpaired) electrons. The summed E-state index contributed by atoms with van der Waals surface area (Å²) in [7, 11) is 3.56. The SMILES string of the molecule is Cc1ccccc1C(Cl)c1ccc2c(c1)n(C)c(=O)n2C. The Morgan fingerprint density at radius 2 is 1.67 bits per heavy atom. The highest BCUT2D eigenvalue weighted by Gasteiger charge is 2.15. The van der Waals surface area contributed by atoms with Crippen molar-refractivity contribution in [1.29, 1.82) is 0 Å². The number of hydrogen-bond donors (Lipinski definition) is 0. The Morgan fingerprint density at radius 3 is 2.38 bits per heavy atom. The number of rotatable bonds is 2. The summed E-state index contributed by atoms with van der Waals surface area (Å²) in [5.41, 5.74) is 5.06. The predicted octanol–water partition coefficient (Wildman–Crippen LogP) is 3.51. The zero-order valence-electron chi connectivity index (χ0n) is 12.3. The van der Waals surface area contributed by atoms with Gasteiger partial charge in [-0.05, 0) is 35.7 Å². The summed E-state index contributed by atoms with van der Waals surface area (Å²) in [6.07, 6.45) is 0. The minimum absolute atomic E-state index is 0.0239. The van der Waals surface area contributed by atoms with Gasteiger partial charge in [-0.25, -0.2) is 4.79 Å². The summed E-state index contributed by atoms with van der Waals surface area (Å²) in [4.78, 5) is 12.0. The van der Waals surface area contributed by atoms with E-state index in [4.69, 9.17) is 11.6 Å². The molecule has 0 spiro atoms. The molecule has 21 heavy (non-hydrogen) atoms. The molecule has 0 bridgehead atoms. The first-order valence-corrected chi connectivity index (χ1v) is 7.29. The number of aryl methyl sites for hydroxylation is 3. The van der Waals surface area contributed by atoms with Crippen LogP contribution in [0.25, 0.3) is 11.0 Å². The molecule has 3 aromatic rings. The zero-order chi connectivity index (χ0) is 15.1. The van der Waals surface area contributed by atoms with Crippen molar-refractivity contribution in [3.63, 3.8) is 0 Å². The van der Waals surface area contributed by atoms with Crippen LogP contribution < -0.4 is 5.69 Å². The van der Waals surface area contributed by atoms with Gasteiger partial charge in [0, 0.05) is 14.1 Å². The fourth-order valence-electron chi connectivity index (χ4n) is 2.73. The second kappa shape index (κ2) is 5.08. The lowest BCUT2D eigenvalue weighted by Gasteiger charge is -2.13. The molecular weight excluding hydrogens is 284 g/mol. The number of imidazole rings is 1. The van der Waals surface area contributed by atoms with E-state index in [2.05, 4.69) is 13.0 Å². The van der Waals surface area contributed by atoms with Crippen LogP contribution >= 0.6 is 11.6 Å². The number of alkyl halides is 1. The highest BCUT2D eigenvalue weighted by Crippen LogP contribution is 2.32.